The summed E-state index contributed by atoms with van der Waals surface area (Å²) in [6.45, 7) is 3.79. The van der Waals surface area contributed by atoms with E-state index in [1.807, 2.05) is 0 Å². The van der Waals surface area contributed by atoms with Crippen LogP contribution in [0.15, 0.2) is 0 Å². The molecular formula is C36H73NO9P+. The van der Waals surface area contributed by atoms with E-state index in [1.54, 1.807) is 14.1 Å². The first-order chi connectivity index (χ1) is 22.5. The number of phosphoric acid groups is 1. The van der Waals surface area contributed by atoms with Gasteiger partial charge in [0.15, 0.2) is 12.8 Å². The standard InChI is InChI=1S/C36H72NO9P/c1-5-7-9-11-13-15-17-18-20-21-23-25-27-35(39)43-31-34(32-45-47(41,42)44-30-29-37(3,4)33-38)46-36(40)28-26-24-22-19-16-14-12-10-8-6-2/h34,38H,5-33H2,1-4H3/p+1/t34-/m1/s1. The fourth-order valence-corrected chi connectivity index (χ4v) is 5.92. The summed E-state index contributed by atoms with van der Waals surface area (Å²) in [6, 6.07) is 0. The second-order valence-electron chi connectivity index (χ2n) is 13.8. The number of esters is 2. The van der Waals surface area contributed by atoms with Gasteiger partial charge in [0.1, 0.15) is 19.8 Å². The van der Waals surface area contributed by atoms with Gasteiger partial charge in [-0.2, -0.15) is 0 Å². The molecule has 280 valence electrons. The summed E-state index contributed by atoms with van der Waals surface area (Å²) in [4.78, 5) is 35.1. The Morgan fingerprint density at radius 3 is 1.45 bits per heavy atom. The Morgan fingerprint density at radius 2 is 1.02 bits per heavy atom. The molecule has 0 saturated heterocycles. The predicted octanol–water partition coefficient (Wildman–Crippen LogP) is 9.00. The van der Waals surface area contributed by atoms with Gasteiger partial charge >= 0.3 is 19.8 Å². The number of unbranched alkanes of at least 4 members (excludes halogenated alkanes) is 20. The highest BCUT2D eigenvalue weighted by Crippen LogP contribution is 2.43. The van der Waals surface area contributed by atoms with Crippen molar-refractivity contribution in [2.45, 2.75) is 174 Å². The molecule has 0 amide bonds. The van der Waals surface area contributed by atoms with Crippen LogP contribution in [-0.2, 0) is 32.7 Å². The highest BCUT2D eigenvalue weighted by atomic mass is 31.2. The van der Waals surface area contributed by atoms with Crippen molar-refractivity contribution in [2.75, 3.05) is 47.2 Å². The van der Waals surface area contributed by atoms with Crippen molar-refractivity contribution in [1.29, 1.82) is 0 Å². The average molecular weight is 695 g/mol. The Kier molecular flexibility index (Phi) is 30.3. The number of phosphoric ester groups is 1. The SMILES string of the molecule is CCCCCCCCCCCCCCC(=O)OC[C@H](COP(=O)(O)OCC[N+](C)(C)CO)OC(=O)CCCCCCCCCCCC. The topological polar surface area (TPSA) is 129 Å². The van der Waals surface area contributed by atoms with Gasteiger partial charge in [0.05, 0.1) is 20.7 Å². The summed E-state index contributed by atoms with van der Waals surface area (Å²) in [5.41, 5.74) is 0. The molecule has 47 heavy (non-hydrogen) atoms. The van der Waals surface area contributed by atoms with Gasteiger partial charge < -0.3 is 24.0 Å². The summed E-state index contributed by atoms with van der Waals surface area (Å²) in [7, 11) is -0.942. The second kappa shape index (κ2) is 31.0. The summed E-state index contributed by atoms with van der Waals surface area (Å²) < 4.78 is 33.6. The Morgan fingerprint density at radius 1 is 0.617 bits per heavy atom. The molecule has 1 unspecified atom stereocenters. The Balaban J connectivity index is 4.48. The lowest BCUT2D eigenvalue weighted by Crippen LogP contribution is -2.42. The van der Waals surface area contributed by atoms with E-state index >= 15 is 0 Å². The van der Waals surface area contributed by atoms with Crippen LogP contribution in [0.4, 0.5) is 0 Å². The van der Waals surface area contributed by atoms with E-state index in [0.29, 0.717) is 13.0 Å². The lowest BCUT2D eigenvalue weighted by molar-refractivity contribution is -0.908. The first-order valence-corrected chi connectivity index (χ1v) is 20.4. The summed E-state index contributed by atoms with van der Waals surface area (Å²) >= 11 is 0. The third kappa shape index (κ3) is 32.0. The highest BCUT2D eigenvalue weighted by Gasteiger charge is 2.27. The van der Waals surface area contributed by atoms with Crippen molar-refractivity contribution in [3.63, 3.8) is 0 Å². The number of nitrogens with zero attached hydrogens (tertiary/aromatic N) is 1. The molecule has 0 aromatic carbocycles. The van der Waals surface area contributed by atoms with E-state index in [2.05, 4.69) is 13.8 Å². The molecule has 0 spiro atoms. The first kappa shape index (κ1) is 46.0. The molecular weight excluding hydrogens is 621 g/mol. The zero-order valence-corrected chi connectivity index (χ0v) is 31.6. The van der Waals surface area contributed by atoms with Gasteiger partial charge in [-0.3, -0.25) is 18.6 Å². The van der Waals surface area contributed by atoms with Gasteiger partial charge in [-0.25, -0.2) is 4.57 Å². The molecule has 0 aromatic rings. The monoisotopic (exact) mass is 695 g/mol. The van der Waals surface area contributed by atoms with Crippen LogP contribution in [0.2, 0.25) is 0 Å². The molecule has 0 heterocycles. The molecule has 0 fully saturated rings. The molecule has 0 aliphatic heterocycles. The molecule has 11 heteroatoms. The summed E-state index contributed by atoms with van der Waals surface area (Å²) in [6.07, 6.45) is 25.4. The van der Waals surface area contributed by atoms with Crippen molar-refractivity contribution in [2.24, 2.45) is 0 Å². The zero-order valence-electron chi connectivity index (χ0n) is 30.7. The minimum atomic E-state index is -4.45. The van der Waals surface area contributed by atoms with Gasteiger partial charge in [0, 0.05) is 12.8 Å². The van der Waals surface area contributed by atoms with Crippen molar-refractivity contribution >= 4 is 19.8 Å². The average Bonchev–Trinajstić information content (AvgIpc) is 3.03. The van der Waals surface area contributed by atoms with Crippen LogP contribution in [0.1, 0.15) is 168 Å². The third-order valence-corrected chi connectivity index (χ3v) is 9.44. The van der Waals surface area contributed by atoms with Crippen LogP contribution in [0.3, 0.4) is 0 Å². The van der Waals surface area contributed by atoms with Crippen LogP contribution in [0.5, 0.6) is 0 Å². The number of likely N-dealkylation sites (N-methyl/N-ethyl adjacent to an activating group) is 1. The first-order valence-electron chi connectivity index (χ1n) is 18.9. The van der Waals surface area contributed by atoms with Gasteiger partial charge in [-0.05, 0) is 12.8 Å². The maximum atomic E-state index is 12.6. The molecule has 0 radical (unpaired) electrons. The maximum absolute atomic E-state index is 12.6. The predicted molar refractivity (Wildman–Crippen MR) is 189 cm³/mol. The maximum Gasteiger partial charge on any atom is 0.472 e. The number of quaternary nitrogens is 1. The Hall–Kier alpha value is -1.03. The normalized spacial score (nSPS) is 13.7. The summed E-state index contributed by atoms with van der Waals surface area (Å²) in [5.74, 6) is -0.842. The fourth-order valence-electron chi connectivity index (χ4n) is 5.17. The molecule has 2 atom stereocenters. The quantitative estimate of drug-likeness (QED) is 0.0220. The lowest BCUT2D eigenvalue weighted by atomic mass is 10.0. The van der Waals surface area contributed by atoms with E-state index in [9.17, 15) is 24.2 Å². The molecule has 10 nitrogen and oxygen atoms in total. The third-order valence-electron chi connectivity index (χ3n) is 8.45. The number of ether oxygens (including phenoxy) is 2. The lowest BCUT2D eigenvalue weighted by Gasteiger charge is -2.27. The zero-order chi connectivity index (χ0) is 35.1. The van der Waals surface area contributed by atoms with Gasteiger partial charge in [-0.1, -0.05) is 142 Å². The minimum Gasteiger partial charge on any atom is -0.462 e. The van der Waals surface area contributed by atoms with Crippen LogP contribution in [0.25, 0.3) is 0 Å². The van der Waals surface area contributed by atoms with Crippen molar-refractivity contribution in [3.05, 3.63) is 0 Å². The van der Waals surface area contributed by atoms with Crippen LogP contribution < -0.4 is 0 Å². The van der Waals surface area contributed by atoms with Crippen molar-refractivity contribution in [1.82, 2.24) is 0 Å². The molecule has 0 aliphatic carbocycles. The Bertz CT molecular complexity index is 796. The Labute approximate surface area is 287 Å². The highest BCUT2D eigenvalue weighted by molar-refractivity contribution is 7.47. The van der Waals surface area contributed by atoms with Crippen LogP contribution >= 0.6 is 7.82 Å². The van der Waals surface area contributed by atoms with E-state index in [4.69, 9.17) is 18.5 Å². The largest absolute Gasteiger partial charge is 0.472 e. The summed E-state index contributed by atoms with van der Waals surface area (Å²) in [5, 5.41) is 9.35. The van der Waals surface area contributed by atoms with E-state index in [0.717, 1.165) is 38.5 Å². The molecule has 0 aliphatic rings. The minimum absolute atomic E-state index is 0.113. The van der Waals surface area contributed by atoms with Crippen LogP contribution in [-0.4, -0.2) is 79.7 Å². The number of hydrogen-bond acceptors (Lipinski definition) is 8. The number of hydrogen-bond donors (Lipinski definition) is 2. The molecule has 0 rings (SSSR count). The van der Waals surface area contributed by atoms with E-state index in [1.165, 1.54) is 96.3 Å². The van der Waals surface area contributed by atoms with Gasteiger partial charge in [0.25, 0.3) is 0 Å². The number of carbonyl (C=O) groups excluding carboxylic acids is 2. The second-order valence-corrected chi connectivity index (χ2v) is 15.2. The molecule has 0 saturated carbocycles. The van der Waals surface area contributed by atoms with Gasteiger partial charge in [0.2, 0.25) is 0 Å². The molecule has 0 aromatic heterocycles. The fraction of sp³-hybridized carbons (Fsp3) is 0.944. The van der Waals surface area contributed by atoms with Crippen molar-refractivity contribution in [3.8, 4) is 0 Å². The molecule has 0 bridgehead atoms. The number of aliphatic hydroxyl groups is 1. The van der Waals surface area contributed by atoms with Gasteiger partial charge in [-0.15, -0.1) is 0 Å². The van der Waals surface area contributed by atoms with Crippen molar-refractivity contribution < 1.29 is 47.2 Å². The number of carbonyl (C=O) groups is 2. The molecule has 2 N–H and O–H groups in total. The van der Waals surface area contributed by atoms with E-state index in [-0.39, 0.29) is 43.2 Å². The number of aliphatic hydroxyl groups excluding tert-OH is 1. The van der Waals surface area contributed by atoms with E-state index < -0.39 is 26.5 Å². The smallest absolute Gasteiger partial charge is 0.462 e. The number of rotatable bonds is 35. The van der Waals surface area contributed by atoms with Crippen LogP contribution in [0, 0.1) is 0 Å².